The minimum atomic E-state index is -4.48. The van der Waals surface area contributed by atoms with Crippen LogP contribution in [0.2, 0.25) is 0 Å². The van der Waals surface area contributed by atoms with Crippen molar-refractivity contribution in [3.8, 4) is 17.6 Å². The highest BCUT2D eigenvalue weighted by Gasteiger charge is 2.22. The quantitative estimate of drug-likeness (QED) is 0.640. The fourth-order valence-electron chi connectivity index (χ4n) is 1.22. The van der Waals surface area contributed by atoms with E-state index < -0.39 is 6.18 Å². The van der Waals surface area contributed by atoms with Gasteiger partial charge in [-0.05, 0) is 37.1 Å². The van der Waals surface area contributed by atoms with Crippen molar-refractivity contribution in [3.63, 3.8) is 0 Å². The molecule has 0 aliphatic carbocycles. The summed E-state index contributed by atoms with van der Waals surface area (Å²) in [5.41, 5.74) is 7.87. The molecular weight excluding hydrogens is 231 g/mol. The monoisotopic (exact) mass is 243 g/mol. The van der Waals surface area contributed by atoms with Gasteiger partial charge in [0.2, 0.25) is 0 Å². The molecule has 1 aromatic carbocycles. The van der Waals surface area contributed by atoms with Crippen LogP contribution in [0.3, 0.4) is 0 Å². The molecule has 0 saturated heterocycles. The number of nitrogen functional groups attached to an aromatic ring is 1. The van der Waals surface area contributed by atoms with Crippen molar-refractivity contribution in [2.75, 3.05) is 12.3 Å². The standard InChI is InChI=1S/C12H12F3NO/c1-8-7-11(9(2)6-10(8)16)17-5-3-4-12(13,14)15/h6-7H,5,16H2,1-2H3. The average Bonchev–Trinajstić information content (AvgIpc) is 2.18. The number of hydrogen-bond donors (Lipinski definition) is 1. The maximum absolute atomic E-state index is 11.7. The molecule has 0 amide bonds. The molecule has 0 fully saturated rings. The highest BCUT2D eigenvalue weighted by Crippen LogP contribution is 2.24. The van der Waals surface area contributed by atoms with Gasteiger partial charge in [-0.15, -0.1) is 0 Å². The molecule has 0 saturated carbocycles. The van der Waals surface area contributed by atoms with E-state index in [1.807, 2.05) is 5.92 Å². The third-order valence-electron chi connectivity index (χ3n) is 2.09. The fraction of sp³-hybridized carbons (Fsp3) is 0.333. The maximum atomic E-state index is 11.7. The Hall–Kier alpha value is -1.83. The van der Waals surface area contributed by atoms with Crippen molar-refractivity contribution in [2.24, 2.45) is 0 Å². The molecule has 92 valence electrons. The Morgan fingerprint density at radius 3 is 2.47 bits per heavy atom. The second-order valence-electron chi connectivity index (χ2n) is 3.56. The molecule has 5 heteroatoms. The highest BCUT2D eigenvalue weighted by molar-refractivity contribution is 5.53. The average molecular weight is 243 g/mol. The minimum absolute atomic E-state index is 0.302. The molecule has 2 nitrogen and oxygen atoms in total. The first kappa shape index (κ1) is 13.2. The summed E-state index contributed by atoms with van der Waals surface area (Å²) < 4.78 is 40.3. The molecule has 0 spiro atoms. The van der Waals surface area contributed by atoms with Gasteiger partial charge in [-0.2, -0.15) is 13.2 Å². The predicted molar refractivity (Wildman–Crippen MR) is 59.7 cm³/mol. The Balaban J connectivity index is 2.70. The second kappa shape index (κ2) is 5.00. The van der Waals surface area contributed by atoms with E-state index in [9.17, 15) is 13.2 Å². The molecule has 0 aliphatic heterocycles. The van der Waals surface area contributed by atoms with Gasteiger partial charge in [-0.25, -0.2) is 0 Å². The van der Waals surface area contributed by atoms with Crippen LogP contribution >= 0.6 is 0 Å². The van der Waals surface area contributed by atoms with Gasteiger partial charge >= 0.3 is 6.18 Å². The summed E-state index contributed by atoms with van der Waals surface area (Å²) in [6.07, 6.45) is -4.48. The lowest BCUT2D eigenvalue weighted by Crippen LogP contribution is -2.04. The maximum Gasteiger partial charge on any atom is 0.457 e. The van der Waals surface area contributed by atoms with E-state index in [4.69, 9.17) is 10.5 Å². The summed E-state index contributed by atoms with van der Waals surface area (Å²) in [5.74, 6) is 3.54. The molecule has 0 aliphatic rings. The zero-order valence-electron chi connectivity index (χ0n) is 9.48. The second-order valence-corrected chi connectivity index (χ2v) is 3.56. The predicted octanol–water partition coefficient (Wildman–Crippen LogP) is 2.83. The molecular formula is C12H12F3NO. The van der Waals surface area contributed by atoms with Crippen LogP contribution in [-0.4, -0.2) is 12.8 Å². The van der Waals surface area contributed by atoms with Crippen LogP contribution in [0.15, 0.2) is 12.1 Å². The first-order valence-electron chi connectivity index (χ1n) is 4.86. The summed E-state index contributed by atoms with van der Waals surface area (Å²) >= 11 is 0. The van der Waals surface area contributed by atoms with Crippen LogP contribution < -0.4 is 10.5 Å². The largest absolute Gasteiger partial charge is 0.481 e. The van der Waals surface area contributed by atoms with E-state index in [0.717, 1.165) is 17.0 Å². The Morgan fingerprint density at radius 1 is 1.24 bits per heavy atom. The normalized spacial score (nSPS) is 10.6. The number of rotatable bonds is 2. The Morgan fingerprint density at radius 2 is 1.88 bits per heavy atom. The number of aryl methyl sites for hydroxylation is 2. The molecule has 1 aromatic rings. The lowest BCUT2D eigenvalue weighted by atomic mass is 10.1. The van der Waals surface area contributed by atoms with Crippen LogP contribution in [0.4, 0.5) is 18.9 Å². The number of halogens is 3. The fourth-order valence-corrected chi connectivity index (χ4v) is 1.22. The zero-order valence-corrected chi connectivity index (χ0v) is 9.48. The van der Waals surface area contributed by atoms with Gasteiger partial charge in [0.15, 0.2) is 0 Å². The number of hydrogen-bond acceptors (Lipinski definition) is 2. The lowest BCUT2D eigenvalue weighted by Gasteiger charge is -2.09. The van der Waals surface area contributed by atoms with E-state index in [0.29, 0.717) is 11.4 Å². The third-order valence-corrected chi connectivity index (χ3v) is 2.09. The number of anilines is 1. The number of ether oxygens (including phenoxy) is 1. The summed E-state index contributed by atoms with van der Waals surface area (Å²) in [7, 11) is 0. The SMILES string of the molecule is Cc1cc(OCC#CC(F)(F)F)c(C)cc1N. The van der Waals surface area contributed by atoms with Gasteiger partial charge in [-0.1, -0.05) is 5.92 Å². The Kier molecular flexibility index (Phi) is 3.89. The van der Waals surface area contributed by atoms with E-state index >= 15 is 0 Å². The Labute approximate surface area is 97.6 Å². The number of benzene rings is 1. The van der Waals surface area contributed by atoms with Gasteiger partial charge in [0, 0.05) is 11.6 Å². The van der Waals surface area contributed by atoms with Crippen LogP contribution in [0.25, 0.3) is 0 Å². The number of alkyl halides is 3. The van der Waals surface area contributed by atoms with Crippen LogP contribution in [-0.2, 0) is 0 Å². The first-order chi connectivity index (χ1) is 7.79. The van der Waals surface area contributed by atoms with E-state index in [1.165, 1.54) is 0 Å². The minimum Gasteiger partial charge on any atom is -0.481 e. The molecule has 2 N–H and O–H groups in total. The lowest BCUT2D eigenvalue weighted by molar-refractivity contribution is -0.0698. The molecule has 0 aromatic heterocycles. The molecule has 0 unspecified atom stereocenters. The summed E-state index contributed by atoms with van der Waals surface area (Å²) in [6.45, 7) is 3.26. The molecule has 0 bridgehead atoms. The highest BCUT2D eigenvalue weighted by atomic mass is 19.4. The molecule has 1 rings (SSSR count). The smallest absolute Gasteiger partial charge is 0.457 e. The molecule has 0 atom stereocenters. The molecule has 17 heavy (non-hydrogen) atoms. The van der Waals surface area contributed by atoms with Crippen LogP contribution in [0, 0.1) is 25.7 Å². The van der Waals surface area contributed by atoms with Gasteiger partial charge in [0.05, 0.1) is 0 Å². The van der Waals surface area contributed by atoms with Crippen LogP contribution in [0.1, 0.15) is 11.1 Å². The van der Waals surface area contributed by atoms with E-state index in [2.05, 4.69) is 0 Å². The summed E-state index contributed by atoms with van der Waals surface area (Å²) in [4.78, 5) is 0. The van der Waals surface area contributed by atoms with Gasteiger partial charge in [-0.3, -0.25) is 0 Å². The van der Waals surface area contributed by atoms with E-state index in [-0.39, 0.29) is 6.61 Å². The number of nitrogens with two attached hydrogens (primary N) is 1. The van der Waals surface area contributed by atoms with E-state index in [1.54, 1.807) is 26.0 Å². The molecule has 0 radical (unpaired) electrons. The van der Waals surface area contributed by atoms with Gasteiger partial charge in [0.1, 0.15) is 12.4 Å². The van der Waals surface area contributed by atoms with Crippen molar-refractivity contribution in [1.29, 1.82) is 0 Å². The Bertz CT molecular complexity index is 469. The van der Waals surface area contributed by atoms with Crippen LogP contribution in [0.5, 0.6) is 5.75 Å². The molecule has 0 heterocycles. The van der Waals surface area contributed by atoms with Crippen molar-refractivity contribution < 1.29 is 17.9 Å². The third kappa shape index (κ3) is 4.27. The summed E-state index contributed by atoms with van der Waals surface area (Å²) in [6, 6.07) is 3.39. The summed E-state index contributed by atoms with van der Waals surface area (Å²) in [5, 5.41) is 0. The zero-order chi connectivity index (χ0) is 13.1. The van der Waals surface area contributed by atoms with Gasteiger partial charge in [0.25, 0.3) is 0 Å². The van der Waals surface area contributed by atoms with Crippen molar-refractivity contribution >= 4 is 5.69 Å². The van der Waals surface area contributed by atoms with Crippen molar-refractivity contribution in [3.05, 3.63) is 23.3 Å². The topological polar surface area (TPSA) is 35.2 Å². The van der Waals surface area contributed by atoms with Gasteiger partial charge < -0.3 is 10.5 Å². The van der Waals surface area contributed by atoms with Crippen molar-refractivity contribution in [1.82, 2.24) is 0 Å². The van der Waals surface area contributed by atoms with Crippen molar-refractivity contribution in [2.45, 2.75) is 20.0 Å². The first-order valence-corrected chi connectivity index (χ1v) is 4.86.